The first kappa shape index (κ1) is 18.8. The molecule has 0 aliphatic carbocycles. The molecule has 2 amide bonds. The molecule has 3 heterocycles. The van der Waals surface area contributed by atoms with Gasteiger partial charge in [0.2, 0.25) is 0 Å². The number of amides is 2. The molecule has 2 N–H and O–H groups in total. The largest absolute Gasteiger partial charge is 0.321 e. The van der Waals surface area contributed by atoms with Crippen LogP contribution < -0.4 is 10.6 Å². The van der Waals surface area contributed by atoms with Crippen LogP contribution in [0.4, 0.5) is 19.3 Å². The van der Waals surface area contributed by atoms with Gasteiger partial charge < -0.3 is 15.5 Å². The number of hydrogen-bond donors (Lipinski definition) is 2. The van der Waals surface area contributed by atoms with Crippen LogP contribution in [0.2, 0.25) is 0 Å². The fourth-order valence-corrected chi connectivity index (χ4v) is 4.47. The van der Waals surface area contributed by atoms with Gasteiger partial charge >= 0.3 is 6.03 Å². The maximum Gasteiger partial charge on any atom is 0.321 e. The Bertz CT molecular complexity index is 1060. The average molecular weight is 405 g/mol. The highest BCUT2D eigenvalue weighted by atomic mass is 19.1. The molecule has 2 bridgehead atoms. The quantitative estimate of drug-likeness (QED) is 0.669. The van der Waals surface area contributed by atoms with Crippen molar-refractivity contribution in [2.75, 3.05) is 18.4 Å². The van der Waals surface area contributed by atoms with Gasteiger partial charge in [-0.3, -0.25) is 0 Å². The van der Waals surface area contributed by atoms with Crippen molar-refractivity contribution < 1.29 is 13.6 Å². The van der Waals surface area contributed by atoms with Crippen molar-refractivity contribution in [3.8, 4) is 11.1 Å². The summed E-state index contributed by atoms with van der Waals surface area (Å²) in [6.07, 6.45) is 0. The van der Waals surface area contributed by atoms with Crippen molar-refractivity contribution in [2.24, 2.45) is 0 Å². The molecular weight excluding hydrogens is 384 g/mol. The number of nitrogens with one attached hydrogen (secondary N) is 2. The zero-order valence-corrected chi connectivity index (χ0v) is 16.2. The normalized spacial score (nSPS) is 22.3. The number of rotatable bonds is 3. The number of piperidine rings is 1. The Morgan fingerprint density at radius 2 is 1.57 bits per heavy atom. The van der Waals surface area contributed by atoms with Gasteiger partial charge in [-0.25, -0.2) is 13.6 Å². The number of halogens is 2. The number of benzene rings is 3. The molecule has 0 saturated carbocycles. The molecular formula is C24H21F2N3O. The van der Waals surface area contributed by atoms with Gasteiger partial charge in [-0.15, -0.1) is 0 Å². The predicted octanol–water partition coefficient (Wildman–Crippen LogP) is 4.60. The highest BCUT2D eigenvalue weighted by molar-refractivity contribution is 5.89. The lowest BCUT2D eigenvalue weighted by molar-refractivity contribution is 0.0759. The van der Waals surface area contributed by atoms with Crippen LogP contribution in [0.3, 0.4) is 0 Å². The molecule has 0 radical (unpaired) electrons. The minimum Gasteiger partial charge on any atom is -0.321 e. The molecule has 6 heteroatoms. The summed E-state index contributed by atoms with van der Waals surface area (Å²) in [7, 11) is 0. The van der Waals surface area contributed by atoms with Gasteiger partial charge in [-0.05, 0) is 41.5 Å². The lowest BCUT2D eigenvalue weighted by atomic mass is 9.74. The van der Waals surface area contributed by atoms with Crippen LogP contribution in [-0.2, 0) is 0 Å². The molecule has 6 rings (SSSR count). The zero-order chi connectivity index (χ0) is 20.7. The van der Waals surface area contributed by atoms with Crippen molar-refractivity contribution in [1.29, 1.82) is 0 Å². The second-order valence-electron chi connectivity index (χ2n) is 7.85. The molecule has 30 heavy (non-hydrogen) atoms. The van der Waals surface area contributed by atoms with Crippen LogP contribution in [0, 0.1) is 11.6 Å². The standard InChI is InChI=1S/C24H21F2N3O/c25-17-9-11-18(12-10-17)27-24(30)29-13-21-23(22(14-29)28-21)16-7-5-15(6-8-16)19-3-1-2-4-20(19)26/h1-12,21-23,28H,13-14H2,(H,27,30)/t21-,22+,23?. The van der Waals surface area contributed by atoms with Crippen molar-refractivity contribution in [3.63, 3.8) is 0 Å². The number of nitrogens with zero attached hydrogens (tertiary/aromatic N) is 1. The maximum absolute atomic E-state index is 14.0. The smallest absolute Gasteiger partial charge is 0.321 e. The van der Waals surface area contributed by atoms with E-state index < -0.39 is 0 Å². The summed E-state index contributed by atoms with van der Waals surface area (Å²) in [5, 5.41) is 6.33. The van der Waals surface area contributed by atoms with E-state index in [0.717, 1.165) is 5.56 Å². The Balaban J connectivity index is 1.24. The lowest BCUT2D eigenvalue weighted by Gasteiger charge is -2.54. The zero-order valence-electron chi connectivity index (χ0n) is 16.2. The van der Waals surface area contributed by atoms with Crippen molar-refractivity contribution >= 4 is 11.7 Å². The van der Waals surface area contributed by atoms with E-state index in [-0.39, 0.29) is 29.7 Å². The van der Waals surface area contributed by atoms with Crippen LogP contribution in [-0.4, -0.2) is 36.1 Å². The summed E-state index contributed by atoms with van der Waals surface area (Å²) in [6.45, 7) is 1.20. The van der Waals surface area contributed by atoms with E-state index >= 15 is 0 Å². The monoisotopic (exact) mass is 405 g/mol. The van der Waals surface area contributed by atoms with Gasteiger partial charge in [-0.2, -0.15) is 0 Å². The number of anilines is 1. The second kappa shape index (κ2) is 7.54. The second-order valence-corrected chi connectivity index (χ2v) is 7.85. The molecule has 3 saturated heterocycles. The number of carbonyl (C=O) groups excluding carboxylic acids is 1. The topological polar surface area (TPSA) is 44.4 Å². The number of hydrogen-bond acceptors (Lipinski definition) is 2. The minimum atomic E-state index is -0.333. The van der Waals surface area contributed by atoms with E-state index in [9.17, 15) is 13.6 Å². The Kier molecular flexibility index (Phi) is 4.71. The van der Waals surface area contributed by atoms with Gasteiger partial charge in [0.25, 0.3) is 0 Å². The van der Waals surface area contributed by atoms with E-state index in [1.54, 1.807) is 29.2 Å². The van der Waals surface area contributed by atoms with Crippen LogP contribution >= 0.6 is 0 Å². The first-order valence-corrected chi connectivity index (χ1v) is 10.0. The average Bonchev–Trinajstić information content (AvgIpc) is 2.76. The predicted molar refractivity (Wildman–Crippen MR) is 112 cm³/mol. The van der Waals surface area contributed by atoms with Crippen LogP contribution in [0.5, 0.6) is 0 Å². The van der Waals surface area contributed by atoms with E-state index in [0.29, 0.717) is 30.3 Å². The van der Waals surface area contributed by atoms with Crippen molar-refractivity contribution in [3.05, 3.63) is 90.0 Å². The van der Waals surface area contributed by atoms with Gasteiger partial charge in [0, 0.05) is 42.3 Å². The highest BCUT2D eigenvalue weighted by Crippen LogP contribution is 2.37. The first-order chi connectivity index (χ1) is 14.6. The van der Waals surface area contributed by atoms with Crippen LogP contribution in [0.25, 0.3) is 11.1 Å². The minimum absolute atomic E-state index is 0.175. The molecule has 3 aromatic carbocycles. The Hall–Kier alpha value is -3.25. The van der Waals surface area contributed by atoms with E-state index in [2.05, 4.69) is 22.8 Å². The highest BCUT2D eigenvalue weighted by Gasteiger charge is 2.48. The number of fused-ring (bicyclic) bond motifs is 2. The number of piperazine rings is 1. The van der Waals surface area contributed by atoms with Gasteiger partial charge in [0.05, 0.1) is 0 Å². The molecule has 3 atom stereocenters. The summed E-state index contributed by atoms with van der Waals surface area (Å²) in [5.74, 6) is -0.231. The molecule has 1 unspecified atom stereocenters. The van der Waals surface area contributed by atoms with Crippen molar-refractivity contribution in [2.45, 2.75) is 18.0 Å². The third-order valence-corrected chi connectivity index (χ3v) is 5.99. The first-order valence-electron chi connectivity index (χ1n) is 10.0. The van der Waals surface area contributed by atoms with Gasteiger partial charge in [0.1, 0.15) is 11.6 Å². The molecule has 4 nitrogen and oxygen atoms in total. The van der Waals surface area contributed by atoms with Crippen molar-refractivity contribution in [1.82, 2.24) is 10.2 Å². The molecule has 3 fully saturated rings. The molecule has 0 aromatic heterocycles. The lowest BCUT2D eigenvalue weighted by Crippen LogP contribution is -2.72. The molecule has 152 valence electrons. The summed E-state index contributed by atoms with van der Waals surface area (Å²) >= 11 is 0. The third kappa shape index (κ3) is 3.44. The number of carbonyl (C=O) groups is 1. The van der Waals surface area contributed by atoms with Crippen LogP contribution in [0.15, 0.2) is 72.8 Å². The van der Waals surface area contributed by atoms with E-state index in [1.807, 2.05) is 18.2 Å². The van der Waals surface area contributed by atoms with E-state index in [4.69, 9.17) is 0 Å². The summed E-state index contributed by atoms with van der Waals surface area (Å²) in [4.78, 5) is 14.3. The fraction of sp³-hybridized carbons (Fsp3) is 0.208. The number of urea groups is 1. The SMILES string of the molecule is O=C(Nc1ccc(F)cc1)N1C[C@@H]2N[C@H](C1)C2c1ccc(-c2ccccc2F)cc1. The molecule has 0 spiro atoms. The Morgan fingerprint density at radius 3 is 2.23 bits per heavy atom. The Labute approximate surface area is 173 Å². The molecule has 3 aliphatic heterocycles. The summed E-state index contributed by atoms with van der Waals surface area (Å²) < 4.78 is 27.1. The van der Waals surface area contributed by atoms with Gasteiger partial charge in [0.15, 0.2) is 0 Å². The van der Waals surface area contributed by atoms with Gasteiger partial charge in [-0.1, -0.05) is 42.5 Å². The fourth-order valence-electron chi connectivity index (χ4n) is 4.47. The third-order valence-electron chi connectivity index (χ3n) is 5.99. The summed E-state index contributed by atoms with van der Waals surface area (Å²) in [6, 6.07) is 20.7. The van der Waals surface area contributed by atoms with Crippen LogP contribution in [0.1, 0.15) is 11.5 Å². The van der Waals surface area contributed by atoms with E-state index in [1.165, 1.54) is 23.8 Å². The molecule has 3 aliphatic rings. The Morgan fingerprint density at radius 1 is 0.900 bits per heavy atom. The summed E-state index contributed by atoms with van der Waals surface area (Å²) in [5.41, 5.74) is 3.23. The maximum atomic E-state index is 14.0. The molecule has 3 aromatic rings.